The molecule has 0 saturated carbocycles. The summed E-state index contributed by atoms with van der Waals surface area (Å²) in [5.41, 5.74) is 9.25. The number of amides is 1. The molecule has 1 aromatic rings. The van der Waals surface area contributed by atoms with Crippen molar-refractivity contribution >= 4 is 11.6 Å². The lowest BCUT2D eigenvalue weighted by molar-refractivity contribution is 0.0951. The van der Waals surface area contributed by atoms with Crippen LogP contribution in [0.15, 0.2) is 12.1 Å². The average Bonchev–Trinajstić information content (AvgIpc) is 2.92. The molecule has 0 radical (unpaired) electrons. The molecule has 4 heteroatoms. The van der Waals surface area contributed by atoms with Crippen LogP contribution in [0.2, 0.25) is 0 Å². The van der Waals surface area contributed by atoms with Gasteiger partial charge in [-0.2, -0.15) is 0 Å². The maximum atomic E-state index is 12.1. The number of carbonyl (C=O) groups is 1. The second-order valence-electron chi connectivity index (χ2n) is 5.68. The van der Waals surface area contributed by atoms with Crippen molar-refractivity contribution in [1.82, 2.24) is 10.2 Å². The predicted octanol–water partition coefficient (Wildman–Crippen LogP) is 2.10. The van der Waals surface area contributed by atoms with Crippen LogP contribution in [0, 0.1) is 13.8 Å². The van der Waals surface area contributed by atoms with Crippen LogP contribution in [0.1, 0.15) is 40.7 Å². The van der Waals surface area contributed by atoms with E-state index >= 15 is 0 Å². The highest BCUT2D eigenvalue weighted by Gasteiger charge is 2.12. The van der Waals surface area contributed by atoms with Crippen LogP contribution in [0.4, 0.5) is 5.69 Å². The van der Waals surface area contributed by atoms with Crippen LogP contribution in [-0.2, 0) is 0 Å². The normalized spacial score (nSPS) is 15.5. The van der Waals surface area contributed by atoms with Gasteiger partial charge in [-0.3, -0.25) is 4.79 Å². The Hall–Kier alpha value is -1.55. The van der Waals surface area contributed by atoms with E-state index in [-0.39, 0.29) is 5.91 Å². The number of nitrogens with one attached hydrogen (secondary N) is 1. The van der Waals surface area contributed by atoms with Gasteiger partial charge in [0.25, 0.3) is 5.91 Å². The molecule has 110 valence electrons. The number of hydrogen-bond donors (Lipinski definition) is 2. The van der Waals surface area contributed by atoms with Crippen LogP contribution in [-0.4, -0.2) is 37.0 Å². The van der Waals surface area contributed by atoms with Gasteiger partial charge in [0, 0.05) is 17.8 Å². The van der Waals surface area contributed by atoms with Crippen molar-refractivity contribution in [2.75, 3.05) is 31.9 Å². The maximum Gasteiger partial charge on any atom is 0.251 e. The van der Waals surface area contributed by atoms with Crippen molar-refractivity contribution in [2.45, 2.75) is 33.1 Å². The van der Waals surface area contributed by atoms with Crippen LogP contribution < -0.4 is 11.1 Å². The smallest absolute Gasteiger partial charge is 0.251 e. The molecule has 1 fully saturated rings. The van der Waals surface area contributed by atoms with Gasteiger partial charge in [0.05, 0.1) is 0 Å². The molecule has 20 heavy (non-hydrogen) atoms. The maximum absolute atomic E-state index is 12.1. The Morgan fingerprint density at radius 2 is 1.95 bits per heavy atom. The average molecular weight is 275 g/mol. The fourth-order valence-electron chi connectivity index (χ4n) is 2.72. The number of nitrogen functional groups attached to an aromatic ring is 1. The lowest BCUT2D eigenvalue weighted by atomic mass is 10.0. The molecule has 1 aromatic carbocycles. The molecule has 1 aliphatic rings. The minimum atomic E-state index is -0.0179. The molecule has 0 aromatic heterocycles. The van der Waals surface area contributed by atoms with Crippen molar-refractivity contribution in [2.24, 2.45) is 0 Å². The van der Waals surface area contributed by atoms with Gasteiger partial charge < -0.3 is 16.0 Å². The summed E-state index contributed by atoms with van der Waals surface area (Å²) in [5, 5.41) is 2.99. The molecule has 0 bridgehead atoms. The fraction of sp³-hybridized carbons (Fsp3) is 0.562. The number of nitrogens with zero attached hydrogens (tertiary/aromatic N) is 1. The molecule has 0 spiro atoms. The van der Waals surface area contributed by atoms with Gasteiger partial charge in [-0.05, 0) is 69.9 Å². The van der Waals surface area contributed by atoms with E-state index in [2.05, 4.69) is 10.2 Å². The van der Waals surface area contributed by atoms with Crippen molar-refractivity contribution in [3.05, 3.63) is 28.8 Å². The van der Waals surface area contributed by atoms with Gasteiger partial charge in [0.1, 0.15) is 0 Å². The van der Waals surface area contributed by atoms with Gasteiger partial charge in [0.15, 0.2) is 0 Å². The monoisotopic (exact) mass is 275 g/mol. The van der Waals surface area contributed by atoms with E-state index in [9.17, 15) is 4.79 Å². The topological polar surface area (TPSA) is 58.4 Å². The van der Waals surface area contributed by atoms with Gasteiger partial charge >= 0.3 is 0 Å². The number of nitrogens with two attached hydrogens (primary N) is 1. The summed E-state index contributed by atoms with van der Waals surface area (Å²) < 4.78 is 0. The molecular weight excluding hydrogens is 250 g/mol. The lowest BCUT2D eigenvalue weighted by Crippen LogP contribution is -2.29. The number of aryl methyl sites for hydroxylation is 2. The molecule has 3 N–H and O–H groups in total. The third-order valence-corrected chi connectivity index (χ3v) is 3.99. The minimum absolute atomic E-state index is 0.0179. The molecule has 4 nitrogen and oxygen atoms in total. The molecule has 0 atom stereocenters. The number of likely N-dealkylation sites (tertiary alicyclic amines) is 1. The van der Waals surface area contributed by atoms with Crippen LogP contribution >= 0.6 is 0 Å². The van der Waals surface area contributed by atoms with Gasteiger partial charge in [-0.25, -0.2) is 0 Å². The molecule has 1 saturated heterocycles. The zero-order valence-electron chi connectivity index (χ0n) is 12.5. The van der Waals surface area contributed by atoms with E-state index in [1.807, 2.05) is 19.9 Å². The van der Waals surface area contributed by atoms with Crippen molar-refractivity contribution in [3.8, 4) is 0 Å². The van der Waals surface area contributed by atoms with Gasteiger partial charge in [0.2, 0.25) is 0 Å². The zero-order chi connectivity index (χ0) is 14.5. The number of anilines is 1. The number of hydrogen-bond acceptors (Lipinski definition) is 3. The molecular formula is C16H25N3O. The van der Waals surface area contributed by atoms with Crippen molar-refractivity contribution < 1.29 is 4.79 Å². The Kier molecular flexibility index (Phi) is 5.01. The Balaban J connectivity index is 1.81. The summed E-state index contributed by atoms with van der Waals surface area (Å²) in [6.45, 7) is 8.13. The first-order valence-electron chi connectivity index (χ1n) is 7.45. The second-order valence-corrected chi connectivity index (χ2v) is 5.68. The zero-order valence-corrected chi connectivity index (χ0v) is 12.5. The first kappa shape index (κ1) is 14.9. The van der Waals surface area contributed by atoms with E-state index < -0.39 is 0 Å². The number of carbonyl (C=O) groups excluding carboxylic acids is 1. The highest BCUT2D eigenvalue weighted by molar-refractivity contribution is 5.96. The van der Waals surface area contributed by atoms with Gasteiger partial charge in [-0.15, -0.1) is 0 Å². The molecule has 2 rings (SSSR count). The highest BCUT2D eigenvalue weighted by atomic mass is 16.1. The second kappa shape index (κ2) is 6.75. The molecule has 1 heterocycles. The van der Waals surface area contributed by atoms with Crippen molar-refractivity contribution in [3.63, 3.8) is 0 Å². The van der Waals surface area contributed by atoms with E-state index in [1.165, 1.54) is 25.9 Å². The summed E-state index contributed by atoms with van der Waals surface area (Å²) in [6, 6.07) is 3.74. The van der Waals surface area contributed by atoms with E-state index in [0.29, 0.717) is 11.3 Å². The summed E-state index contributed by atoms with van der Waals surface area (Å²) in [7, 11) is 0. The molecule has 1 aliphatic heterocycles. The first-order valence-corrected chi connectivity index (χ1v) is 7.45. The third-order valence-electron chi connectivity index (χ3n) is 3.99. The van der Waals surface area contributed by atoms with Crippen molar-refractivity contribution in [1.29, 1.82) is 0 Å². The molecule has 0 unspecified atom stereocenters. The van der Waals surface area contributed by atoms with Gasteiger partial charge in [-0.1, -0.05) is 6.07 Å². The standard InChI is InChI=1S/C16H25N3O/c1-12-10-13(2)15(17)11-14(12)16(20)18-6-5-9-19-7-3-4-8-19/h10-11H,3-9,17H2,1-2H3,(H,18,20). The Labute approximate surface area is 121 Å². The first-order chi connectivity index (χ1) is 9.58. The largest absolute Gasteiger partial charge is 0.398 e. The fourth-order valence-corrected chi connectivity index (χ4v) is 2.72. The quantitative estimate of drug-likeness (QED) is 0.639. The Morgan fingerprint density at radius 3 is 2.65 bits per heavy atom. The lowest BCUT2D eigenvalue weighted by Gasteiger charge is -2.15. The number of rotatable bonds is 5. The summed E-state index contributed by atoms with van der Waals surface area (Å²) >= 11 is 0. The Morgan fingerprint density at radius 1 is 1.25 bits per heavy atom. The predicted molar refractivity (Wildman–Crippen MR) is 83.0 cm³/mol. The molecule has 0 aliphatic carbocycles. The summed E-state index contributed by atoms with van der Waals surface area (Å²) in [6.07, 6.45) is 3.63. The summed E-state index contributed by atoms with van der Waals surface area (Å²) in [4.78, 5) is 14.6. The SMILES string of the molecule is Cc1cc(C)c(C(=O)NCCCN2CCCC2)cc1N. The molecule has 1 amide bonds. The van der Waals surface area contributed by atoms with E-state index in [4.69, 9.17) is 5.73 Å². The highest BCUT2D eigenvalue weighted by Crippen LogP contribution is 2.17. The summed E-state index contributed by atoms with van der Waals surface area (Å²) in [5.74, 6) is -0.0179. The minimum Gasteiger partial charge on any atom is -0.398 e. The number of benzene rings is 1. The van der Waals surface area contributed by atoms with E-state index in [0.717, 1.165) is 30.6 Å². The van der Waals surface area contributed by atoms with E-state index in [1.54, 1.807) is 6.07 Å². The third kappa shape index (κ3) is 3.73. The van der Waals surface area contributed by atoms with Crippen LogP contribution in [0.25, 0.3) is 0 Å². The van der Waals surface area contributed by atoms with Crippen LogP contribution in [0.3, 0.4) is 0 Å². The Bertz CT molecular complexity index is 479. The van der Waals surface area contributed by atoms with Crippen LogP contribution in [0.5, 0.6) is 0 Å².